The molecule has 3 atom stereocenters. The third-order valence-corrected chi connectivity index (χ3v) is 6.79. The van der Waals surface area contributed by atoms with E-state index in [1.54, 1.807) is 24.3 Å². The summed E-state index contributed by atoms with van der Waals surface area (Å²) in [5.74, 6) is -4.34. The average molecular weight is 483 g/mol. The van der Waals surface area contributed by atoms with Crippen molar-refractivity contribution in [3.05, 3.63) is 118 Å². The van der Waals surface area contributed by atoms with Crippen LogP contribution in [0.25, 0.3) is 0 Å². The molecule has 4 nitrogen and oxygen atoms in total. The maximum absolute atomic E-state index is 14.0. The first-order chi connectivity index (χ1) is 16.5. The van der Waals surface area contributed by atoms with Gasteiger partial charge in [0.25, 0.3) is 0 Å². The molecular formula is C28H19ClN2O2S. The Bertz CT molecular complexity index is 1330. The van der Waals surface area contributed by atoms with E-state index in [1.165, 1.54) is 0 Å². The highest BCUT2D eigenvalue weighted by atomic mass is 35.5. The zero-order valence-corrected chi connectivity index (χ0v) is 19.5. The highest BCUT2D eigenvalue weighted by Crippen LogP contribution is 2.46. The summed E-state index contributed by atoms with van der Waals surface area (Å²) in [6.45, 7) is 0. The SMILES string of the molecule is N#CC(C#N)[C@@H](C1=C(O)[C@@H](c2ccccc2)C(=S)[C@@H](c2ccccc2)C1=O)c1ccc(Cl)cc1. The van der Waals surface area contributed by atoms with Crippen LogP contribution in [0.3, 0.4) is 0 Å². The number of nitrogens with zero attached hydrogens (tertiary/aromatic N) is 2. The van der Waals surface area contributed by atoms with Gasteiger partial charge >= 0.3 is 0 Å². The lowest BCUT2D eigenvalue weighted by molar-refractivity contribution is -0.116. The van der Waals surface area contributed by atoms with Crippen LogP contribution in [0.1, 0.15) is 34.4 Å². The molecule has 0 aliphatic heterocycles. The first kappa shape index (κ1) is 23.4. The lowest BCUT2D eigenvalue weighted by Crippen LogP contribution is -2.37. The Morgan fingerprint density at radius 2 is 1.32 bits per heavy atom. The van der Waals surface area contributed by atoms with Gasteiger partial charge in [0.2, 0.25) is 0 Å². The fraction of sp³-hybridized carbons (Fsp3) is 0.143. The number of benzene rings is 3. The molecule has 0 radical (unpaired) electrons. The van der Waals surface area contributed by atoms with Crippen molar-refractivity contribution in [3.63, 3.8) is 0 Å². The van der Waals surface area contributed by atoms with Gasteiger partial charge in [-0.1, -0.05) is 96.6 Å². The summed E-state index contributed by atoms with van der Waals surface area (Å²) in [5.41, 5.74) is 2.01. The van der Waals surface area contributed by atoms with Crippen molar-refractivity contribution in [2.24, 2.45) is 5.92 Å². The Morgan fingerprint density at radius 3 is 1.82 bits per heavy atom. The number of carbonyl (C=O) groups is 1. The molecule has 1 aliphatic carbocycles. The summed E-state index contributed by atoms with van der Waals surface area (Å²) in [4.78, 5) is 14.4. The van der Waals surface area contributed by atoms with Crippen molar-refractivity contribution < 1.29 is 9.90 Å². The molecule has 0 heterocycles. The monoisotopic (exact) mass is 482 g/mol. The Morgan fingerprint density at radius 1 is 0.824 bits per heavy atom. The maximum atomic E-state index is 14.0. The number of thiocarbonyl (C=S) groups is 1. The molecule has 1 N–H and O–H groups in total. The van der Waals surface area contributed by atoms with Crippen LogP contribution >= 0.6 is 23.8 Å². The number of halogens is 1. The summed E-state index contributed by atoms with van der Waals surface area (Å²) >= 11 is 11.9. The number of carbonyl (C=O) groups excluding carboxylic acids is 1. The molecule has 0 fully saturated rings. The highest BCUT2D eigenvalue weighted by molar-refractivity contribution is 7.80. The minimum atomic E-state index is -1.21. The van der Waals surface area contributed by atoms with Crippen LogP contribution < -0.4 is 0 Å². The number of ketones is 1. The van der Waals surface area contributed by atoms with Gasteiger partial charge in [-0.25, -0.2) is 0 Å². The van der Waals surface area contributed by atoms with Crippen LogP contribution in [0, 0.1) is 28.6 Å². The van der Waals surface area contributed by atoms with Crippen molar-refractivity contribution in [2.75, 3.05) is 0 Å². The maximum Gasteiger partial charge on any atom is 0.175 e. The molecule has 4 rings (SSSR count). The Balaban J connectivity index is 1.99. The lowest BCUT2D eigenvalue weighted by Gasteiger charge is -2.35. The second kappa shape index (κ2) is 10.0. The number of allylic oxidation sites excluding steroid dienone is 2. The smallest absolute Gasteiger partial charge is 0.175 e. The van der Waals surface area contributed by atoms with Gasteiger partial charge in [0.1, 0.15) is 11.7 Å². The van der Waals surface area contributed by atoms with Gasteiger partial charge in [-0.05, 0) is 28.8 Å². The lowest BCUT2D eigenvalue weighted by atomic mass is 9.68. The van der Waals surface area contributed by atoms with Gasteiger partial charge < -0.3 is 5.11 Å². The van der Waals surface area contributed by atoms with Gasteiger partial charge in [0.15, 0.2) is 5.78 Å². The summed E-state index contributed by atoms with van der Waals surface area (Å²) < 4.78 is 0. The van der Waals surface area contributed by atoms with E-state index in [0.29, 0.717) is 21.0 Å². The van der Waals surface area contributed by atoms with Crippen molar-refractivity contribution in [3.8, 4) is 12.1 Å². The summed E-state index contributed by atoms with van der Waals surface area (Å²) in [5, 5.41) is 31.6. The number of rotatable bonds is 5. The molecule has 0 unspecified atom stereocenters. The van der Waals surface area contributed by atoms with Gasteiger partial charge in [-0.3, -0.25) is 4.79 Å². The molecule has 34 heavy (non-hydrogen) atoms. The van der Waals surface area contributed by atoms with Gasteiger partial charge in [-0.15, -0.1) is 0 Å². The van der Waals surface area contributed by atoms with E-state index in [1.807, 2.05) is 72.8 Å². The normalized spacial score (nSPS) is 18.9. The molecular weight excluding hydrogens is 464 g/mol. The van der Waals surface area contributed by atoms with E-state index in [-0.39, 0.29) is 11.3 Å². The first-order valence-electron chi connectivity index (χ1n) is 10.6. The molecule has 0 aromatic heterocycles. The third kappa shape index (κ3) is 4.24. The van der Waals surface area contributed by atoms with Gasteiger partial charge in [0.05, 0.1) is 24.0 Å². The van der Waals surface area contributed by atoms with Crippen LogP contribution in [-0.4, -0.2) is 15.8 Å². The molecule has 1 aliphatic rings. The molecule has 3 aromatic carbocycles. The van der Waals surface area contributed by atoms with Crippen LogP contribution in [0.2, 0.25) is 5.02 Å². The highest BCUT2D eigenvalue weighted by Gasteiger charge is 2.46. The second-order valence-corrected chi connectivity index (χ2v) is 8.93. The number of hydrogen-bond acceptors (Lipinski definition) is 5. The zero-order valence-electron chi connectivity index (χ0n) is 17.9. The Kier molecular flexibility index (Phi) is 6.89. The molecule has 3 aromatic rings. The fourth-order valence-electron chi connectivity index (χ4n) is 4.48. The van der Waals surface area contributed by atoms with E-state index in [2.05, 4.69) is 0 Å². The number of nitriles is 2. The van der Waals surface area contributed by atoms with E-state index in [9.17, 15) is 20.4 Å². The molecule has 0 bridgehead atoms. The predicted molar refractivity (Wildman–Crippen MR) is 135 cm³/mol. The van der Waals surface area contributed by atoms with Crippen LogP contribution in [0.15, 0.2) is 96.3 Å². The van der Waals surface area contributed by atoms with E-state index in [4.69, 9.17) is 23.8 Å². The van der Waals surface area contributed by atoms with E-state index < -0.39 is 29.5 Å². The topological polar surface area (TPSA) is 84.9 Å². The van der Waals surface area contributed by atoms with E-state index >= 15 is 0 Å². The number of hydrogen-bond donors (Lipinski definition) is 1. The van der Waals surface area contributed by atoms with Crippen LogP contribution in [0.4, 0.5) is 0 Å². The van der Waals surface area contributed by atoms with Crippen molar-refractivity contribution in [1.29, 1.82) is 10.5 Å². The predicted octanol–water partition coefficient (Wildman–Crippen LogP) is 6.42. The minimum Gasteiger partial charge on any atom is -0.511 e. The summed E-state index contributed by atoms with van der Waals surface area (Å²) in [6, 6.07) is 28.9. The minimum absolute atomic E-state index is 0.0340. The van der Waals surface area contributed by atoms with Crippen LogP contribution in [-0.2, 0) is 4.79 Å². The number of aliphatic hydroxyl groups is 1. The Labute approximate surface area is 208 Å². The van der Waals surface area contributed by atoms with Gasteiger partial charge in [-0.2, -0.15) is 10.5 Å². The average Bonchev–Trinajstić information content (AvgIpc) is 2.86. The summed E-state index contributed by atoms with van der Waals surface area (Å²) in [6.07, 6.45) is 0. The van der Waals surface area contributed by atoms with Crippen molar-refractivity contribution in [1.82, 2.24) is 0 Å². The summed E-state index contributed by atoms with van der Waals surface area (Å²) in [7, 11) is 0. The van der Waals surface area contributed by atoms with Gasteiger partial charge in [0, 0.05) is 21.4 Å². The standard InChI is InChI=1S/C28H19ClN2O2S/c29-21-13-11-19(12-14-21)22(20(15-30)16-31)25-26(32)23(17-7-3-1-4-8-17)28(34)24(27(25)33)18-9-5-2-6-10-18/h1-14,20,22-24,32H/t22-,23+,24-/m0/s1. The number of aliphatic hydroxyl groups excluding tert-OH is 1. The van der Waals surface area contributed by atoms with Crippen LogP contribution in [0.5, 0.6) is 0 Å². The molecule has 166 valence electrons. The molecule has 0 saturated carbocycles. The first-order valence-corrected chi connectivity index (χ1v) is 11.4. The molecule has 0 spiro atoms. The molecule has 0 saturated heterocycles. The zero-order chi connectivity index (χ0) is 24.2. The fourth-order valence-corrected chi connectivity index (χ4v) is 5.10. The quantitative estimate of drug-likeness (QED) is 0.424. The second-order valence-electron chi connectivity index (χ2n) is 8.02. The molecule has 6 heteroatoms. The molecule has 0 amide bonds. The van der Waals surface area contributed by atoms with E-state index in [0.717, 1.165) is 5.56 Å². The Hall–Kier alpha value is -3.77. The number of Topliss-reactive ketones (excluding diaryl/α,β-unsaturated/α-hetero) is 1. The van der Waals surface area contributed by atoms with Crippen molar-refractivity contribution >= 4 is 34.5 Å². The van der Waals surface area contributed by atoms with Crippen molar-refractivity contribution in [2.45, 2.75) is 17.8 Å². The third-order valence-electron chi connectivity index (χ3n) is 6.06. The largest absolute Gasteiger partial charge is 0.511 e.